The number of allylic oxidation sites excluding steroid dienone is 1. The molecule has 1 nitrogen and oxygen atoms in total. The standard InChI is InChI=1S/C13H15F3O/c1-4-9(3)12-8-11(17-13(14,15)16)7-6-10(12)5-2/h4,6-9H,1,5H2,2-3H3. The Balaban J connectivity index is 3.08. The average Bonchev–Trinajstić information content (AvgIpc) is 2.25. The SMILES string of the molecule is C=CC(C)c1cc(OC(F)(F)F)ccc1CC. The molecular weight excluding hydrogens is 229 g/mol. The van der Waals surface area contributed by atoms with Crippen molar-refractivity contribution in [2.24, 2.45) is 0 Å². The highest BCUT2D eigenvalue weighted by atomic mass is 19.4. The van der Waals surface area contributed by atoms with Gasteiger partial charge < -0.3 is 4.74 Å². The molecule has 0 aliphatic heterocycles. The Kier molecular flexibility index (Phi) is 4.21. The Bertz CT molecular complexity index is 396. The molecule has 17 heavy (non-hydrogen) atoms. The highest BCUT2D eigenvalue weighted by molar-refractivity contribution is 5.39. The van der Waals surface area contributed by atoms with E-state index >= 15 is 0 Å². The Morgan fingerprint density at radius 1 is 1.41 bits per heavy atom. The van der Waals surface area contributed by atoms with Gasteiger partial charge in [0.2, 0.25) is 0 Å². The van der Waals surface area contributed by atoms with Crippen LogP contribution in [-0.4, -0.2) is 6.36 Å². The van der Waals surface area contributed by atoms with Gasteiger partial charge in [-0.1, -0.05) is 26.0 Å². The van der Waals surface area contributed by atoms with Crippen molar-refractivity contribution >= 4 is 0 Å². The van der Waals surface area contributed by atoms with Crippen LogP contribution in [0.25, 0.3) is 0 Å². The maximum Gasteiger partial charge on any atom is 0.573 e. The maximum absolute atomic E-state index is 12.1. The highest BCUT2D eigenvalue weighted by Gasteiger charge is 2.31. The van der Waals surface area contributed by atoms with Crippen molar-refractivity contribution < 1.29 is 17.9 Å². The third kappa shape index (κ3) is 3.80. The van der Waals surface area contributed by atoms with Crippen LogP contribution in [0.2, 0.25) is 0 Å². The zero-order valence-corrected chi connectivity index (χ0v) is 9.84. The number of alkyl halides is 3. The van der Waals surface area contributed by atoms with E-state index in [1.165, 1.54) is 12.1 Å². The van der Waals surface area contributed by atoms with Crippen LogP contribution in [-0.2, 0) is 6.42 Å². The number of halogens is 3. The predicted octanol–water partition coefficient (Wildman–Crippen LogP) is 4.44. The second kappa shape index (κ2) is 5.25. The molecule has 94 valence electrons. The summed E-state index contributed by atoms with van der Waals surface area (Å²) in [7, 11) is 0. The van der Waals surface area contributed by atoms with Gasteiger partial charge in [-0.25, -0.2) is 0 Å². The molecule has 0 aromatic heterocycles. The third-order valence-electron chi connectivity index (χ3n) is 2.58. The average molecular weight is 244 g/mol. The van der Waals surface area contributed by atoms with Crippen LogP contribution in [0.4, 0.5) is 13.2 Å². The Labute approximate surface area is 98.9 Å². The van der Waals surface area contributed by atoms with Gasteiger partial charge in [0.15, 0.2) is 0 Å². The highest BCUT2D eigenvalue weighted by Crippen LogP contribution is 2.29. The van der Waals surface area contributed by atoms with Gasteiger partial charge in [0.1, 0.15) is 5.75 Å². The second-order valence-corrected chi connectivity index (χ2v) is 3.79. The van der Waals surface area contributed by atoms with Crippen molar-refractivity contribution in [3.05, 3.63) is 42.0 Å². The normalized spacial score (nSPS) is 13.2. The van der Waals surface area contributed by atoms with Gasteiger partial charge >= 0.3 is 6.36 Å². The van der Waals surface area contributed by atoms with E-state index in [2.05, 4.69) is 11.3 Å². The molecule has 1 aromatic rings. The molecule has 0 N–H and O–H groups in total. The molecule has 1 atom stereocenters. The molecule has 0 aliphatic rings. The lowest BCUT2D eigenvalue weighted by atomic mass is 9.94. The minimum atomic E-state index is -4.65. The van der Waals surface area contributed by atoms with Crippen molar-refractivity contribution in [2.45, 2.75) is 32.5 Å². The quantitative estimate of drug-likeness (QED) is 0.711. The first kappa shape index (κ1) is 13.6. The molecule has 0 fully saturated rings. The van der Waals surface area contributed by atoms with E-state index in [4.69, 9.17) is 0 Å². The lowest BCUT2D eigenvalue weighted by molar-refractivity contribution is -0.274. The number of ether oxygens (including phenoxy) is 1. The summed E-state index contributed by atoms with van der Waals surface area (Å²) in [5.74, 6) is -0.180. The van der Waals surface area contributed by atoms with Crippen LogP contribution in [0.3, 0.4) is 0 Å². The second-order valence-electron chi connectivity index (χ2n) is 3.79. The fraction of sp³-hybridized carbons (Fsp3) is 0.385. The first-order valence-corrected chi connectivity index (χ1v) is 5.38. The molecule has 1 aromatic carbocycles. The molecule has 0 bridgehead atoms. The van der Waals surface area contributed by atoms with E-state index in [0.29, 0.717) is 0 Å². The fourth-order valence-electron chi connectivity index (χ4n) is 1.64. The zero-order valence-electron chi connectivity index (χ0n) is 9.84. The molecule has 1 unspecified atom stereocenters. The summed E-state index contributed by atoms with van der Waals surface area (Å²) in [5.41, 5.74) is 1.83. The molecule has 1 rings (SSSR count). The first-order chi connectivity index (χ1) is 7.87. The fourth-order valence-corrected chi connectivity index (χ4v) is 1.64. The molecule has 0 heterocycles. The molecule has 0 spiro atoms. The summed E-state index contributed by atoms with van der Waals surface area (Å²) in [6.45, 7) is 7.50. The van der Waals surface area contributed by atoms with Gasteiger partial charge in [-0.3, -0.25) is 0 Å². The summed E-state index contributed by atoms with van der Waals surface area (Å²) in [4.78, 5) is 0. The minimum Gasteiger partial charge on any atom is -0.406 e. The summed E-state index contributed by atoms with van der Waals surface area (Å²) in [5, 5.41) is 0. The van der Waals surface area contributed by atoms with Gasteiger partial charge in [0.25, 0.3) is 0 Å². The van der Waals surface area contributed by atoms with Crippen LogP contribution in [0.15, 0.2) is 30.9 Å². The monoisotopic (exact) mass is 244 g/mol. The molecule has 0 saturated heterocycles. The van der Waals surface area contributed by atoms with Gasteiger partial charge in [-0.15, -0.1) is 19.8 Å². The summed E-state index contributed by atoms with van der Waals surface area (Å²) in [6, 6.07) is 4.43. The Morgan fingerprint density at radius 2 is 2.06 bits per heavy atom. The topological polar surface area (TPSA) is 9.23 Å². The Morgan fingerprint density at radius 3 is 2.53 bits per heavy atom. The van der Waals surface area contributed by atoms with Crippen molar-refractivity contribution in [1.29, 1.82) is 0 Å². The van der Waals surface area contributed by atoms with Crippen molar-refractivity contribution in [2.75, 3.05) is 0 Å². The number of benzene rings is 1. The molecule has 0 amide bonds. The smallest absolute Gasteiger partial charge is 0.406 e. The Hall–Kier alpha value is -1.45. The largest absolute Gasteiger partial charge is 0.573 e. The zero-order chi connectivity index (χ0) is 13.1. The van der Waals surface area contributed by atoms with Crippen LogP contribution in [0.1, 0.15) is 30.9 Å². The number of hydrogen-bond donors (Lipinski definition) is 0. The molecule has 0 saturated carbocycles. The first-order valence-electron chi connectivity index (χ1n) is 5.38. The maximum atomic E-state index is 12.1. The van der Waals surface area contributed by atoms with Crippen LogP contribution in [0, 0.1) is 0 Å². The molecule has 0 aliphatic carbocycles. The van der Waals surface area contributed by atoms with E-state index in [-0.39, 0.29) is 11.7 Å². The predicted molar refractivity (Wildman–Crippen MR) is 61.1 cm³/mol. The van der Waals surface area contributed by atoms with Crippen molar-refractivity contribution in [3.63, 3.8) is 0 Å². The van der Waals surface area contributed by atoms with Crippen molar-refractivity contribution in [3.8, 4) is 5.75 Å². The van der Waals surface area contributed by atoms with Crippen molar-refractivity contribution in [1.82, 2.24) is 0 Å². The van der Waals surface area contributed by atoms with E-state index in [1.54, 1.807) is 12.1 Å². The summed E-state index contributed by atoms with van der Waals surface area (Å²) >= 11 is 0. The van der Waals surface area contributed by atoms with Crippen LogP contribution >= 0.6 is 0 Å². The van der Waals surface area contributed by atoms with Gasteiger partial charge in [0.05, 0.1) is 0 Å². The number of rotatable bonds is 4. The number of hydrogen-bond acceptors (Lipinski definition) is 1. The third-order valence-corrected chi connectivity index (χ3v) is 2.58. The number of aryl methyl sites for hydroxylation is 1. The van der Waals surface area contributed by atoms with Gasteiger partial charge in [-0.05, 0) is 35.6 Å². The summed E-state index contributed by atoms with van der Waals surface area (Å²) in [6.07, 6.45) is -2.19. The summed E-state index contributed by atoms with van der Waals surface area (Å²) < 4.78 is 40.2. The molecular formula is C13H15F3O. The lowest BCUT2D eigenvalue weighted by Gasteiger charge is -2.15. The van der Waals surface area contributed by atoms with E-state index < -0.39 is 6.36 Å². The lowest BCUT2D eigenvalue weighted by Crippen LogP contribution is -2.17. The minimum absolute atomic E-state index is 0.00161. The molecule has 4 heteroatoms. The van der Waals surface area contributed by atoms with E-state index in [9.17, 15) is 13.2 Å². The molecule has 0 radical (unpaired) electrons. The van der Waals surface area contributed by atoms with Gasteiger partial charge in [-0.2, -0.15) is 0 Å². The van der Waals surface area contributed by atoms with Crippen LogP contribution in [0.5, 0.6) is 5.75 Å². The van der Waals surface area contributed by atoms with Crippen LogP contribution < -0.4 is 4.74 Å². The van der Waals surface area contributed by atoms with E-state index in [1.807, 2.05) is 13.8 Å². The van der Waals surface area contributed by atoms with Gasteiger partial charge in [0, 0.05) is 0 Å². The van der Waals surface area contributed by atoms with E-state index in [0.717, 1.165) is 17.5 Å².